The summed E-state index contributed by atoms with van der Waals surface area (Å²) in [4.78, 5) is 37.6. The van der Waals surface area contributed by atoms with E-state index in [1.54, 1.807) is 0 Å². The Kier molecular flexibility index (Phi) is 13.0. The average molecular weight is 398 g/mol. The van der Waals surface area contributed by atoms with Crippen molar-refractivity contribution in [1.29, 1.82) is 0 Å². The Bertz CT molecular complexity index is 480. The van der Waals surface area contributed by atoms with Crippen LogP contribution in [-0.2, 0) is 23.9 Å². The van der Waals surface area contributed by atoms with Gasteiger partial charge in [0, 0.05) is 18.3 Å². The molecule has 0 aliphatic carbocycles. The molecule has 0 radical (unpaired) electrons. The quantitative estimate of drug-likeness (QED) is 0.276. The van der Waals surface area contributed by atoms with Crippen LogP contribution >= 0.6 is 0 Å². The van der Waals surface area contributed by atoms with Gasteiger partial charge in [-0.2, -0.15) is 0 Å². The van der Waals surface area contributed by atoms with Crippen molar-refractivity contribution in [3.8, 4) is 0 Å². The summed E-state index contributed by atoms with van der Waals surface area (Å²) in [6.07, 6.45) is 8.68. The number of Topliss-reactive ketones (excluding diaryl/α,β-unsaturated/α-hetero) is 1. The lowest BCUT2D eigenvalue weighted by molar-refractivity contribution is -0.140. The molecular weight excluding hydrogens is 358 g/mol. The molecule has 0 saturated carbocycles. The van der Waals surface area contributed by atoms with Crippen molar-refractivity contribution in [3.05, 3.63) is 0 Å². The van der Waals surface area contributed by atoms with Crippen LogP contribution in [0.1, 0.15) is 78.6 Å². The molecule has 0 aromatic heterocycles. The smallest absolute Gasteiger partial charge is 0.232 e. The summed E-state index contributed by atoms with van der Waals surface area (Å²) in [6, 6.07) is 0. The Morgan fingerprint density at radius 2 is 1.75 bits per heavy atom. The molecule has 2 unspecified atom stereocenters. The lowest BCUT2D eigenvalue weighted by Gasteiger charge is -2.15. The second-order valence-corrected chi connectivity index (χ2v) is 7.81. The first-order chi connectivity index (χ1) is 13.5. The molecule has 28 heavy (non-hydrogen) atoms. The van der Waals surface area contributed by atoms with Gasteiger partial charge in [0.05, 0.1) is 26.4 Å². The number of ketones is 1. The summed E-state index contributed by atoms with van der Waals surface area (Å²) < 4.78 is 10.8. The minimum absolute atomic E-state index is 0.0444. The summed E-state index contributed by atoms with van der Waals surface area (Å²) in [5.74, 6) is -0.104. The first kappa shape index (κ1) is 24.8. The first-order valence-electron chi connectivity index (χ1n) is 11.0. The molecule has 1 heterocycles. The van der Waals surface area contributed by atoms with Crippen molar-refractivity contribution < 1.29 is 23.9 Å². The molecule has 6 nitrogen and oxygen atoms in total. The fourth-order valence-electron chi connectivity index (χ4n) is 3.39. The molecule has 0 bridgehead atoms. The van der Waals surface area contributed by atoms with E-state index in [0.717, 1.165) is 44.9 Å². The van der Waals surface area contributed by atoms with Gasteiger partial charge in [-0.15, -0.1) is 0 Å². The van der Waals surface area contributed by atoms with Gasteiger partial charge in [-0.25, -0.2) is 0 Å². The van der Waals surface area contributed by atoms with Crippen LogP contribution in [0, 0.1) is 11.8 Å². The van der Waals surface area contributed by atoms with Crippen molar-refractivity contribution in [3.63, 3.8) is 0 Å². The Labute approximate surface area is 170 Å². The molecule has 6 heteroatoms. The standard InChI is InChI=1S/C22H39NO5/c1-4-6-8-9-11-19-16-21(25)23(22(19)26)12-13-27-14-15-28-17-20(24)18(3)10-7-5-2/h18-19H,4-17H2,1-3H3. The van der Waals surface area contributed by atoms with Crippen LogP contribution in [0.25, 0.3) is 0 Å². The molecule has 1 aliphatic rings. The number of ether oxygens (including phenoxy) is 2. The highest BCUT2D eigenvalue weighted by Gasteiger charge is 2.37. The maximum absolute atomic E-state index is 12.3. The molecule has 2 atom stereocenters. The fourth-order valence-corrected chi connectivity index (χ4v) is 3.39. The first-order valence-corrected chi connectivity index (χ1v) is 11.0. The van der Waals surface area contributed by atoms with Gasteiger partial charge in [0.25, 0.3) is 0 Å². The molecule has 0 spiro atoms. The van der Waals surface area contributed by atoms with E-state index in [0.29, 0.717) is 32.8 Å². The van der Waals surface area contributed by atoms with E-state index in [1.165, 1.54) is 11.3 Å². The lowest BCUT2D eigenvalue weighted by atomic mass is 9.99. The zero-order valence-electron chi connectivity index (χ0n) is 18.0. The van der Waals surface area contributed by atoms with E-state index < -0.39 is 0 Å². The summed E-state index contributed by atoms with van der Waals surface area (Å²) in [5, 5.41) is 0. The van der Waals surface area contributed by atoms with Gasteiger partial charge in [0.1, 0.15) is 6.61 Å². The van der Waals surface area contributed by atoms with Gasteiger partial charge >= 0.3 is 0 Å². The molecule has 1 saturated heterocycles. The van der Waals surface area contributed by atoms with E-state index in [1.807, 2.05) is 6.92 Å². The number of carbonyl (C=O) groups excluding carboxylic acids is 3. The predicted molar refractivity (Wildman–Crippen MR) is 109 cm³/mol. The van der Waals surface area contributed by atoms with Crippen molar-refractivity contribution >= 4 is 17.6 Å². The molecule has 0 aromatic carbocycles. The van der Waals surface area contributed by atoms with Crippen LogP contribution in [0.3, 0.4) is 0 Å². The van der Waals surface area contributed by atoms with Crippen molar-refractivity contribution in [2.24, 2.45) is 11.8 Å². The number of rotatable bonds is 17. The molecule has 1 aliphatic heterocycles. The topological polar surface area (TPSA) is 72.9 Å². The highest BCUT2D eigenvalue weighted by Crippen LogP contribution is 2.24. The second-order valence-electron chi connectivity index (χ2n) is 7.81. The van der Waals surface area contributed by atoms with Crippen LogP contribution in [0.4, 0.5) is 0 Å². The number of hydrogen-bond donors (Lipinski definition) is 0. The van der Waals surface area contributed by atoms with Crippen molar-refractivity contribution in [2.75, 3.05) is 33.0 Å². The molecule has 2 amide bonds. The Morgan fingerprint density at radius 1 is 1.04 bits per heavy atom. The number of likely N-dealkylation sites (tertiary alicyclic amines) is 1. The number of imide groups is 1. The normalized spacial score (nSPS) is 18.1. The molecular formula is C22H39NO5. The van der Waals surface area contributed by atoms with Gasteiger partial charge in [-0.3, -0.25) is 19.3 Å². The Hall–Kier alpha value is -1.27. The third kappa shape index (κ3) is 9.28. The molecule has 1 rings (SSSR count). The predicted octanol–water partition coefficient (Wildman–Crippen LogP) is 3.76. The highest BCUT2D eigenvalue weighted by atomic mass is 16.5. The number of nitrogens with zero attached hydrogens (tertiary/aromatic N) is 1. The van der Waals surface area contributed by atoms with E-state index in [9.17, 15) is 14.4 Å². The minimum Gasteiger partial charge on any atom is -0.377 e. The van der Waals surface area contributed by atoms with E-state index >= 15 is 0 Å². The average Bonchev–Trinajstić information content (AvgIpc) is 2.95. The molecule has 0 aromatic rings. The number of unbranched alkanes of at least 4 members (excludes halogenated alkanes) is 4. The van der Waals surface area contributed by atoms with Crippen molar-refractivity contribution in [2.45, 2.75) is 78.6 Å². The maximum atomic E-state index is 12.3. The van der Waals surface area contributed by atoms with Gasteiger partial charge in [-0.05, 0) is 12.8 Å². The molecule has 1 fully saturated rings. The highest BCUT2D eigenvalue weighted by molar-refractivity contribution is 6.03. The van der Waals surface area contributed by atoms with E-state index in [4.69, 9.17) is 9.47 Å². The minimum atomic E-state index is -0.145. The third-order valence-electron chi connectivity index (χ3n) is 5.36. The molecule has 0 N–H and O–H groups in total. The Morgan fingerprint density at radius 3 is 2.46 bits per heavy atom. The van der Waals surface area contributed by atoms with E-state index in [2.05, 4.69) is 13.8 Å². The van der Waals surface area contributed by atoms with Gasteiger partial charge < -0.3 is 9.47 Å². The summed E-state index contributed by atoms with van der Waals surface area (Å²) in [7, 11) is 0. The zero-order chi connectivity index (χ0) is 20.8. The van der Waals surface area contributed by atoms with Crippen LogP contribution < -0.4 is 0 Å². The largest absolute Gasteiger partial charge is 0.377 e. The fraction of sp³-hybridized carbons (Fsp3) is 0.864. The Balaban J connectivity index is 2.10. The summed E-state index contributed by atoms with van der Waals surface area (Å²) in [6.45, 7) is 7.64. The van der Waals surface area contributed by atoms with Gasteiger partial charge in [-0.1, -0.05) is 59.3 Å². The lowest BCUT2D eigenvalue weighted by Crippen LogP contribution is -2.34. The maximum Gasteiger partial charge on any atom is 0.232 e. The van der Waals surface area contributed by atoms with E-state index in [-0.39, 0.29) is 36.0 Å². The summed E-state index contributed by atoms with van der Waals surface area (Å²) >= 11 is 0. The van der Waals surface area contributed by atoms with Crippen LogP contribution in [0.2, 0.25) is 0 Å². The van der Waals surface area contributed by atoms with Crippen molar-refractivity contribution in [1.82, 2.24) is 4.90 Å². The third-order valence-corrected chi connectivity index (χ3v) is 5.36. The number of amides is 2. The zero-order valence-corrected chi connectivity index (χ0v) is 18.0. The summed E-state index contributed by atoms with van der Waals surface area (Å²) in [5.41, 5.74) is 0. The number of carbonyl (C=O) groups is 3. The van der Waals surface area contributed by atoms with Crippen LogP contribution in [0.5, 0.6) is 0 Å². The molecule has 162 valence electrons. The SMILES string of the molecule is CCCCCCC1CC(=O)N(CCOCCOCC(=O)C(C)CCCC)C1=O. The van der Waals surface area contributed by atoms with Gasteiger partial charge in [0.15, 0.2) is 5.78 Å². The van der Waals surface area contributed by atoms with Crippen LogP contribution in [-0.4, -0.2) is 55.5 Å². The van der Waals surface area contributed by atoms with Crippen LogP contribution in [0.15, 0.2) is 0 Å². The van der Waals surface area contributed by atoms with Gasteiger partial charge in [0.2, 0.25) is 11.8 Å². The second kappa shape index (κ2) is 14.7. The monoisotopic (exact) mass is 397 g/mol. The number of hydrogen-bond acceptors (Lipinski definition) is 5.